The average Bonchev–Trinajstić information content (AvgIpc) is 3.72. The molecule has 0 aromatic carbocycles. The molecule has 0 saturated carbocycles. The summed E-state index contributed by atoms with van der Waals surface area (Å²) in [4.78, 5) is 11.7. The van der Waals surface area contributed by atoms with Gasteiger partial charge in [-0.1, -0.05) is 96.8 Å². The first-order valence-electron chi connectivity index (χ1n) is 17.6. The quantitative estimate of drug-likeness (QED) is 0.0858. The maximum atomic E-state index is 11.7. The van der Waals surface area contributed by atoms with E-state index in [4.69, 9.17) is 14.2 Å². The van der Waals surface area contributed by atoms with Crippen LogP contribution in [0, 0.1) is 0 Å². The molecule has 0 radical (unpaired) electrons. The highest BCUT2D eigenvalue weighted by Crippen LogP contribution is 2.34. The van der Waals surface area contributed by atoms with Crippen molar-refractivity contribution >= 4 is 5.97 Å². The number of unbranched alkanes of at least 4 members (excludes halogenated alkanes) is 12. The molecule has 0 unspecified atom stereocenters. The van der Waals surface area contributed by atoms with Crippen molar-refractivity contribution in [2.75, 3.05) is 0 Å². The smallest absolute Gasteiger partial charge is 0.334 e. The first-order valence-corrected chi connectivity index (χ1v) is 17.6. The maximum absolute atomic E-state index is 11.7. The van der Waals surface area contributed by atoms with Crippen LogP contribution in [0.4, 0.5) is 0 Å². The van der Waals surface area contributed by atoms with Crippen molar-refractivity contribution in [3.63, 3.8) is 0 Å². The molecule has 0 amide bonds. The van der Waals surface area contributed by atoms with Gasteiger partial charge in [-0.3, -0.25) is 0 Å². The van der Waals surface area contributed by atoms with E-state index >= 15 is 0 Å². The second-order valence-electron chi connectivity index (χ2n) is 13.3. The number of aliphatic hydroxyl groups excluding tert-OH is 3. The molecule has 42 heavy (non-hydrogen) atoms. The van der Waals surface area contributed by atoms with Crippen LogP contribution in [0.3, 0.4) is 0 Å². The SMILES string of the molecule is CCCCCCCCCC[C@H](O)[C@H]1CC[C@H]([C@H]2CC[C@H]([C@H](O)CCCCCCCC[C@H](O)CC3=C[C@@H](C)OC3=O)O2)O1. The van der Waals surface area contributed by atoms with Gasteiger partial charge in [0.05, 0.1) is 42.7 Å². The van der Waals surface area contributed by atoms with Crippen molar-refractivity contribution in [1.29, 1.82) is 0 Å². The highest BCUT2D eigenvalue weighted by atomic mass is 16.6. The van der Waals surface area contributed by atoms with E-state index in [2.05, 4.69) is 6.92 Å². The van der Waals surface area contributed by atoms with Gasteiger partial charge in [-0.2, -0.15) is 0 Å². The van der Waals surface area contributed by atoms with Crippen molar-refractivity contribution in [2.45, 2.75) is 204 Å². The summed E-state index contributed by atoms with van der Waals surface area (Å²) < 4.78 is 17.6. The fraction of sp³-hybridized carbons (Fsp3) is 0.914. The van der Waals surface area contributed by atoms with Crippen LogP contribution in [0.1, 0.15) is 155 Å². The lowest BCUT2D eigenvalue weighted by atomic mass is 10.00. The van der Waals surface area contributed by atoms with Gasteiger partial charge in [0, 0.05) is 12.0 Å². The predicted octanol–water partition coefficient (Wildman–Crippen LogP) is 7.08. The number of esters is 1. The fourth-order valence-electron chi connectivity index (χ4n) is 6.93. The van der Waals surface area contributed by atoms with Gasteiger partial charge in [0.1, 0.15) is 6.10 Å². The van der Waals surface area contributed by atoms with Crippen molar-refractivity contribution in [3.05, 3.63) is 11.6 Å². The number of rotatable bonds is 23. The Balaban J connectivity index is 1.16. The monoisotopic (exact) mass is 594 g/mol. The molecule has 3 N–H and O–H groups in total. The van der Waals surface area contributed by atoms with Crippen LogP contribution in [0.15, 0.2) is 11.6 Å². The Bertz CT molecular complexity index is 770. The molecule has 8 atom stereocenters. The molecular weight excluding hydrogens is 532 g/mol. The summed E-state index contributed by atoms with van der Waals surface area (Å²) in [5.74, 6) is -0.290. The molecule has 0 aliphatic carbocycles. The van der Waals surface area contributed by atoms with E-state index < -0.39 is 12.2 Å². The lowest BCUT2D eigenvalue weighted by Gasteiger charge is -2.24. The Morgan fingerprint density at radius 3 is 1.60 bits per heavy atom. The first-order chi connectivity index (χ1) is 20.4. The lowest BCUT2D eigenvalue weighted by molar-refractivity contribution is -0.139. The minimum absolute atomic E-state index is 0.0410. The predicted molar refractivity (Wildman–Crippen MR) is 166 cm³/mol. The fourth-order valence-corrected chi connectivity index (χ4v) is 6.93. The van der Waals surface area contributed by atoms with Crippen LogP contribution in [-0.4, -0.2) is 70.1 Å². The lowest BCUT2D eigenvalue weighted by Crippen LogP contribution is -2.33. The third kappa shape index (κ3) is 12.9. The maximum Gasteiger partial charge on any atom is 0.334 e. The Morgan fingerprint density at radius 2 is 1.14 bits per heavy atom. The zero-order valence-electron chi connectivity index (χ0n) is 26.7. The van der Waals surface area contributed by atoms with Gasteiger partial charge in [-0.15, -0.1) is 0 Å². The number of hydrogen-bond donors (Lipinski definition) is 3. The van der Waals surface area contributed by atoms with E-state index in [0.29, 0.717) is 18.4 Å². The van der Waals surface area contributed by atoms with E-state index in [1.165, 1.54) is 44.9 Å². The second-order valence-corrected chi connectivity index (χ2v) is 13.3. The standard InChI is InChI=1S/C35H62O7/c1-3-4-5-6-7-8-12-15-18-29(37)31-20-22-33(41-31)34-23-21-32(42-34)30(38)19-16-13-10-9-11-14-17-28(36)25-27-24-26(2)40-35(27)39/h24,26,28-34,36-38H,3-23,25H2,1-2H3/t26-,28+,29+,30-,31-,32-,33-,34-/m1/s1. The molecule has 3 aliphatic rings. The number of hydrogen-bond acceptors (Lipinski definition) is 7. The van der Waals surface area contributed by atoms with E-state index in [0.717, 1.165) is 83.5 Å². The molecule has 3 heterocycles. The molecule has 0 bridgehead atoms. The van der Waals surface area contributed by atoms with Crippen molar-refractivity contribution in [1.82, 2.24) is 0 Å². The van der Waals surface area contributed by atoms with Gasteiger partial charge in [-0.05, 0) is 57.9 Å². The number of ether oxygens (including phenoxy) is 3. The highest BCUT2D eigenvalue weighted by Gasteiger charge is 2.40. The van der Waals surface area contributed by atoms with E-state index in [9.17, 15) is 20.1 Å². The molecule has 7 nitrogen and oxygen atoms in total. The van der Waals surface area contributed by atoms with Crippen molar-refractivity contribution in [2.24, 2.45) is 0 Å². The summed E-state index contributed by atoms with van der Waals surface area (Å²) in [5, 5.41) is 31.6. The summed E-state index contributed by atoms with van der Waals surface area (Å²) in [6.45, 7) is 4.08. The van der Waals surface area contributed by atoms with Crippen LogP contribution < -0.4 is 0 Å². The third-order valence-corrected chi connectivity index (χ3v) is 9.53. The molecule has 2 fully saturated rings. The van der Waals surface area contributed by atoms with Gasteiger partial charge in [-0.25, -0.2) is 4.79 Å². The molecule has 244 valence electrons. The van der Waals surface area contributed by atoms with Gasteiger partial charge in [0.2, 0.25) is 0 Å². The number of carbonyl (C=O) groups is 1. The summed E-state index contributed by atoms with van der Waals surface area (Å²) in [6, 6.07) is 0. The van der Waals surface area contributed by atoms with Crippen LogP contribution >= 0.6 is 0 Å². The van der Waals surface area contributed by atoms with Crippen LogP contribution in [0.2, 0.25) is 0 Å². The molecule has 0 aromatic heterocycles. The number of carbonyl (C=O) groups excluding carboxylic acids is 1. The normalized spacial score (nSPS) is 28.2. The van der Waals surface area contributed by atoms with Crippen LogP contribution in [0.25, 0.3) is 0 Å². The van der Waals surface area contributed by atoms with E-state index in [-0.39, 0.29) is 42.6 Å². The molecular formula is C35H62O7. The zero-order valence-corrected chi connectivity index (χ0v) is 26.7. The third-order valence-electron chi connectivity index (χ3n) is 9.53. The Kier molecular flexibility index (Phi) is 17.0. The second kappa shape index (κ2) is 20.1. The van der Waals surface area contributed by atoms with E-state index in [1.54, 1.807) is 6.08 Å². The summed E-state index contributed by atoms with van der Waals surface area (Å²) in [6.07, 6.45) is 23.2. The minimum atomic E-state index is -0.482. The van der Waals surface area contributed by atoms with Crippen LogP contribution in [0.5, 0.6) is 0 Å². The van der Waals surface area contributed by atoms with Gasteiger partial charge < -0.3 is 29.5 Å². The molecule has 3 aliphatic heterocycles. The van der Waals surface area contributed by atoms with Gasteiger partial charge in [0.25, 0.3) is 0 Å². The summed E-state index contributed by atoms with van der Waals surface area (Å²) in [7, 11) is 0. The molecule has 0 aromatic rings. The molecule has 2 saturated heterocycles. The molecule has 0 spiro atoms. The summed E-state index contributed by atoms with van der Waals surface area (Å²) >= 11 is 0. The number of cyclic esters (lactones) is 1. The Morgan fingerprint density at radius 1 is 0.690 bits per heavy atom. The average molecular weight is 595 g/mol. The molecule has 3 rings (SSSR count). The summed E-state index contributed by atoms with van der Waals surface area (Å²) in [5.41, 5.74) is 0.606. The largest absolute Gasteiger partial charge is 0.455 e. The van der Waals surface area contributed by atoms with Crippen molar-refractivity contribution < 1.29 is 34.3 Å². The Labute approximate surface area is 255 Å². The molecule has 7 heteroatoms. The van der Waals surface area contributed by atoms with Crippen molar-refractivity contribution in [3.8, 4) is 0 Å². The van der Waals surface area contributed by atoms with Gasteiger partial charge >= 0.3 is 5.97 Å². The topological polar surface area (TPSA) is 105 Å². The first kappa shape index (κ1) is 35.5. The minimum Gasteiger partial charge on any atom is -0.455 e. The number of aliphatic hydroxyl groups is 3. The van der Waals surface area contributed by atoms with Crippen LogP contribution in [-0.2, 0) is 19.0 Å². The zero-order chi connectivity index (χ0) is 30.2. The highest BCUT2D eigenvalue weighted by molar-refractivity contribution is 5.90. The Hall–Kier alpha value is -0.990. The van der Waals surface area contributed by atoms with E-state index in [1.807, 2.05) is 6.92 Å². The van der Waals surface area contributed by atoms with Gasteiger partial charge in [0.15, 0.2) is 0 Å².